The van der Waals surface area contributed by atoms with E-state index in [1.165, 1.54) is 11.3 Å². The molecule has 0 spiro atoms. The first kappa shape index (κ1) is 13.4. The fourth-order valence-corrected chi connectivity index (χ4v) is 3.50. The Labute approximate surface area is 116 Å². The Bertz CT molecular complexity index is 560. The number of Topliss-reactive ketones (excluding diaryl/α,β-unsaturated/α-hetero) is 1. The zero-order valence-corrected chi connectivity index (χ0v) is 12.7. The van der Waals surface area contributed by atoms with Gasteiger partial charge in [-0.15, -0.1) is 22.7 Å². The molecule has 2 nitrogen and oxygen atoms in total. The molecular formula is C14H17NOS2. The summed E-state index contributed by atoms with van der Waals surface area (Å²) in [6, 6.07) is 1.99. The van der Waals surface area contributed by atoms with E-state index in [0.29, 0.717) is 6.42 Å². The van der Waals surface area contributed by atoms with Crippen molar-refractivity contribution in [2.45, 2.75) is 39.5 Å². The third kappa shape index (κ3) is 2.87. The molecule has 2 aromatic rings. The van der Waals surface area contributed by atoms with E-state index in [9.17, 15) is 4.79 Å². The first-order valence-electron chi connectivity index (χ1n) is 5.90. The molecule has 0 aromatic carbocycles. The average molecular weight is 279 g/mol. The van der Waals surface area contributed by atoms with Crippen molar-refractivity contribution in [2.75, 3.05) is 0 Å². The van der Waals surface area contributed by atoms with Crippen LogP contribution in [0.25, 0.3) is 0 Å². The number of carbonyl (C=O) groups is 1. The second kappa shape index (κ2) is 4.94. The lowest BCUT2D eigenvalue weighted by atomic mass is 9.93. The lowest BCUT2D eigenvalue weighted by Gasteiger charge is -2.14. The highest BCUT2D eigenvalue weighted by Crippen LogP contribution is 2.25. The largest absolute Gasteiger partial charge is 0.293 e. The van der Waals surface area contributed by atoms with E-state index in [1.807, 2.05) is 18.4 Å². The Morgan fingerprint density at radius 2 is 2.06 bits per heavy atom. The van der Waals surface area contributed by atoms with Gasteiger partial charge in [-0.2, -0.15) is 0 Å². The van der Waals surface area contributed by atoms with Crippen LogP contribution in [0.1, 0.15) is 46.7 Å². The molecule has 4 heteroatoms. The highest BCUT2D eigenvalue weighted by Gasteiger charge is 2.19. The van der Waals surface area contributed by atoms with Gasteiger partial charge in [-0.25, -0.2) is 4.98 Å². The summed E-state index contributed by atoms with van der Waals surface area (Å²) >= 11 is 3.10. The van der Waals surface area contributed by atoms with E-state index in [0.717, 1.165) is 21.1 Å². The first-order valence-corrected chi connectivity index (χ1v) is 7.66. The topological polar surface area (TPSA) is 30.0 Å². The van der Waals surface area contributed by atoms with E-state index < -0.39 is 0 Å². The molecule has 2 heterocycles. The molecule has 0 radical (unpaired) electrons. The van der Waals surface area contributed by atoms with Crippen LogP contribution >= 0.6 is 22.7 Å². The van der Waals surface area contributed by atoms with Gasteiger partial charge in [0.1, 0.15) is 5.01 Å². The van der Waals surface area contributed by atoms with Crippen LogP contribution in [0.2, 0.25) is 0 Å². The lowest BCUT2D eigenvalue weighted by molar-refractivity contribution is 0.0996. The van der Waals surface area contributed by atoms with Crippen LogP contribution in [0.5, 0.6) is 0 Å². The summed E-state index contributed by atoms with van der Waals surface area (Å²) in [5.74, 6) is 0.178. The van der Waals surface area contributed by atoms with Crippen LogP contribution in [0.4, 0.5) is 0 Å². The maximum absolute atomic E-state index is 12.1. The molecule has 0 saturated carbocycles. The van der Waals surface area contributed by atoms with E-state index in [2.05, 4.69) is 31.1 Å². The molecule has 0 atom stereocenters. The molecule has 2 rings (SSSR count). The van der Waals surface area contributed by atoms with Gasteiger partial charge < -0.3 is 0 Å². The summed E-state index contributed by atoms with van der Waals surface area (Å²) in [6.07, 6.45) is 0.419. The Kier molecular flexibility index (Phi) is 3.69. The van der Waals surface area contributed by atoms with E-state index >= 15 is 0 Å². The molecule has 0 saturated heterocycles. The molecule has 0 aliphatic carbocycles. The first-order chi connectivity index (χ1) is 8.38. The average Bonchev–Trinajstić information content (AvgIpc) is 2.85. The van der Waals surface area contributed by atoms with Crippen LogP contribution in [-0.2, 0) is 11.8 Å². The molecular weight excluding hydrogens is 262 g/mol. The lowest BCUT2D eigenvalue weighted by Crippen LogP contribution is -2.12. The summed E-state index contributed by atoms with van der Waals surface area (Å²) in [5.41, 5.74) is 2.19. The summed E-state index contributed by atoms with van der Waals surface area (Å²) in [4.78, 5) is 17.6. The van der Waals surface area contributed by atoms with Gasteiger partial charge in [0.25, 0.3) is 0 Å². The van der Waals surface area contributed by atoms with Gasteiger partial charge in [-0.1, -0.05) is 20.8 Å². The standard InChI is InChI=1S/C14H17NOS2/c1-9-5-6-17-13(9)10(16)7-12-15-11(8-18-12)14(2,3)4/h5-6,8H,7H2,1-4H3. The molecule has 0 N–H and O–H groups in total. The van der Waals surface area contributed by atoms with E-state index in [1.54, 1.807) is 11.3 Å². The van der Waals surface area contributed by atoms with Crippen molar-refractivity contribution in [1.82, 2.24) is 4.98 Å². The summed E-state index contributed by atoms with van der Waals surface area (Å²) in [6.45, 7) is 8.39. The van der Waals surface area contributed by atoms with Crippen molar-refractivity contribution in [2.24, 2.45) is 0 Å². The van der Waals surface area contributed by atoms with E-state index in [-0.39, 0.29) is 11.2 Å². The van der Waals surface area contributed by atoms with Crippen molar-refractivity contribution in [3.63, 3.8) is 0 Å². The Balaban J connectivity index is 2.13. The molecule has 0 aliphatic heterocycles. The number of hydrogen-bond acceptors (Lipinski definition) is 4. The van der Waals surface area contributed by atoms with E-state index in [4.69, 9.17) is 0 Å². The number of hydrogen-bond donors (Lipinski definition) is 0. The van der Waals surface area contributed by atoms with Crippen LogP contribution in [0.3, 0.4) is 0 Å². The second-order valence-electron chi connectivity index (χ2n) is 5.41. The molecule has 0 fully saturated rings. The molecule has 0 bridgehead atoms. The highest BCUT2D eigenvalue weighted by atomic mass is 32.1. The summed E-state index contributed by atoms with van der Waals surface area (Å²) < 4.78 is 0. The summed E-state index contributed by atoms with van der Waals surface area (Å²) in [7, 11) is 0. The van der Waals surface area contributed by atoms with Gasteiger partial charge >= 0.3 is 0 Å². The predicted molar refractivity (Wildman–Crippen MR) is 77.9 cm³/mol. The van der Waals surface area contributed by atoms with Crippen LogP contribution in [0, 0.1) is 6.92 Å². The molecule has 0 unspecified atom stereocenters. The van der Waals surface area contributed by atoms with Gasteiger partial charge in [-0.3, -0.25) is 4.79 Å². The molecule has 96 valence electrons. The number of thiophene rings is 1. The van der Waals surface area contributed by atoms with Crippen molar-refractivity contribution >= 4 is 28.5 Å². The summed E-state index contributed by atoms with van der Waals surface area (Å²) in [5, 5.41) is 4.94. The van der Waals surface area contributed by atoms with Gasteiger partial charge in [-0.05, 0) is 23.9 Å². The number of rotatable bonds is 3. The number of carbonyl (C=O) groups excluding carboxylic acids is 1. The number of aryl methyl sites for hydroxylation is 1. The third-order valence-electron chi connectivity index (χ3n) is 2.75. The minimum atomic E-state index is 0.0522. The second-order valence-corrected chi connectivity index (χ2v) is 7.27. The Hall–Kier alpha value is -1.00. The van der Waals surface area contributed by atoms with Gasteiger partial charge in [0, 0.05) is 10.8 Å². The van der Waals surface area contributed by atoms with Crippen molar-refractivity contribution in [3.8, 4) is 0 Å². The highest BCUT2D eigenvalue weighted by molar-refractivity contribution is 7.12. The quantitative estimate of drug-likeness (QED) is 0.787. The normalized spacial score (nSPS) is 11.8. The molecule has 2 aromatic heterocycles. The van der Waals surface area contributed by atoms with Crippen molar-refractivity contribution < 1.29 is 4.79 Å². The zero-order valence-electron chi connectivity index (χ0n) is 11.1. The molecule has 0 amide bonds. The predicted octanol–water partition coefficient (Wildman–Crippen LogP) is 4.24. The van der Waals surface area contributed by atoms with Crippen molar-refractivity contribution in [3.05, 3.63) is 38.0 Å². The monoisotopic (exact) mass is 279 g/mol. The minimum Gasteiger partial charge on any atom is -0.293 e. The molecule has 18 heavy (non-hydrogen) atoms. The van der Waals surface area contributed by atoms with Crippen LogP contribution in [0.15, 0.2) is 16.8 Å². The van der Waals surface area contributed by atoms with Crippen molar-refractivity contribution in [1.29, 1.82) is 0 Å². The minimum absolute atomic E-state index is 0.0522. The fraction of sp³-hybridized carbons (Fsp3) is 0.429. The number of ketones is 1. The zero-order chi connectivity index (χ0) is 13.3. The third-order valence-corrected chi connectivity index (χ3v) is 4.65. The number of nitrogens with zero attached hydrogens (tertiary/aromatic N) is 1. The molecule has 0 aliphatic rings. The number of aromatic nitrogens is 1. The Morgan fingerprint density at radius 1 is 1.33 bits per heavy atom. The maximum atomic E-state index is 12.1. The SMILES string of the molecule is Cc1ccsc1C(=O)Cc1nc(C(C)(C)C)cs1. The maximum Gasteiger partial charge on any atom is 0.179 e. The fourth-order valence-electron chi connectivity index (χ4n) is 1.61. The van der Waals surface area contributed by atoms with Gasteiger partial charge in [0.2, 0.25) is 0 Å². The van der Waals surface area contributed by atoms with Gasteiger partial charge in [0.05, 0.1) is 17.0 Å². The Morgan fingerprint density at radius 3 is 2.56 bits per heavy atom. The number of thiazole rings is 1. The van der Waals surface area contributed by atoms with Crippen LogP contribution in [-0.4, -0.2) is 10.8 Å². The van der Waals surface area contributed by atoms with Crippen LogP contribution < -0.4 is 0 Å². The van der Waals surface area contributed by atoms with Gasteiger partial charge in [0.15, 0.2) is 5.78 Å². The smallest absolute Gasteiger partial charge is 0.179 e.